The van der Waals surface area contributed by atoms with Crippen molar-refractivity contribution in [1.29, 1.82) is 0 Å². The van der Waals surface area contributed by atoms with Crippen LogP contribution < -0.4 is 0 Å². The first-order valence-corrected chi connectivity index (χ1v) is 9.26. The lowest BCUT2D eigenvalue weighted by atomic mass is 9.94. The molecule has 1 atom stereocenters. The summed E-state index contributed by atoms with van der Waals surface area (Å²) >= 11 is 0. The predicted molar refractivity (Wildman–Crippen MR) is 103 cm³/mol. The first-order valence-electron chi connectivity index (χ1n) is 9.26. The average Bonchev–Trinajstić information content (AvgIpc) is 3.30. The van der Waals surface area contributed by atoms with E-state index in [4.69, 9.17) is 9.61 Å². The summed E-state index contributed by atoms with van der Waals surface area (Å²) in [7, 11) is 0. The van der Waals surface area contributed by atoms with Crippen LogP contribution in [0.1, 0.15) is 44.9 Å². The highest BCUT2D eigenvalue weighted by Crippen LogP contribution is 2.38. The van der Waals surface area contributed by atoms with E-state index in [1.54, 1.807) is 6.92 Å². The summed E-state index contributed by atoms with van der Waals surface area (Å²) in [6.07, 6.45) is 0.762. The summed E-state index contributed by atoms with van der Waals surface area (Å²) in [6, 6.07) is 13.8. The van der Waals surface area contributed by atoms with Crippen LogP contribution in [0.5, 0.6) is 0 Å². The Hall–Kier alpha value is -3.48. The first-order chi connectivity index (χ1) is 13.6. The van der Waals surface area contributed by atoms with Crippen LogP contribution in [-0.2, 0) is 6.42 Å². The fourth-order valence-corrected chi connectivity index (χ4v) is 4.05. The summed E-state index contributed by atoms with van der Waals surface area (Å²) in [6.45, 7) is 4.25. The van der Waals surface area contributed by atoms with Crippen molar-refractivity contribution in [3.63, 3.8) is 0 Å². The van der Waals surface area contributed by atoms with E-state index in [-0.39, 0.29) is 17.6 Å². The van der Waals surface area contributed by atoms with Gasteiger partial charge in [-0.1, -0.05) is 29.4 Å². The molecule has 0 spiro atoms. The highest BCUT2D eigenvalue weighted by atomic mass is 16.6. The van der Waals surface area contributed by atoms with Crippen LogP contribution in [0.3, 0.4) is 0 Å². The molecular formula is C21H19N5O2. The molecule has 0 bridgehead atoms. The summed E-state index contributed by atoms with van der Waals surface area (Å²) < 4.78 is 4.76. The molecule has 0 saturated heterocycles. The number of rotatable bonds is 2. The Morgan fingerprint density at radius 2 is 2.00 bits per heavy atom. The van der Waals surface area contributed by atoms with Gasteiger partial charge in [0.15, 0.2) is 5.69 Å². The van der Waals surface area contributed by atoms with Crippen LogP contribution >= 0.6 is 0 Å². The second-order valence-corrected chi connectivity index (χ2v) is 7.12. The number of hydrogen-bond acceptors (Lipinski definition) is 5. The maximum absolute atomic E-state index is 13.3. The number of nitrogens with zero attached hydrogens (tertiary/aromatic N) is 4. The van der Waals surface area contributed by atoms with Crippen LogP contribution in [0.2, 0.25) is 0 Å². The number of H-pyrrole nitrogens is 1. The fourth-order valence-electron chi connectivity index (χ4n) is 4.05. The standard InChI is InChI=1S/C21H19N5O2/c1-12-6-5-9-17(22-12)20-19-15(14-7-3-4-8-16(14)23-19)10-11-26(20)21(27)18-13(2)24-28-25-18/h3-9,20,23H,10-11H2,1-2H3/t20-/m1/s1. The Labute approximate surface area is 161 Å². The molecule has 1 N–H and O–H groups in total. The number of pyridine rings is 1. The zero-order chi connectivity index (χ0) is 19.3. The van der Waals surface area contributed by atoms with Gasteiger partial charge in [0.1, 0.15) is 11.7 Å². The van der Waals surface area contributed by atoms with E-state index >= 15 is 0 Å². The molecule has 4 aromatic rings. The normalized spacial score (nSPS) is 16.4. The van der Waals surface area contributed by atoms with Gasteiger partial charge in [-0.25, -0.2) is 4.63 Å². The Bertz CT molecular complexity index is 1190. The van der Waals surface area contributed by atoms with E-state index in [0.717, 1.165) is 29.0 Å². The molecular weight excluding hydrogens is 354 g/mol. The number of fused-ring (bicyclic) bond motifs is 3. The molecule has 4 heterocycles. The number of aryl methyl sites for hydroxylation is 2. The minimum Gasteiger partial charge on any atom is -0.356 e. The Morgan fingerprint density at radius 3 is 2.79 bits per heavy atom. The molecule has 0 radical (unpaired) electrons. The number of hydrogen-bond donors (Lipinski definition) is 1. The van der Waals surface area contributed by atoms with Crippen molar-refractivity contribution in [3.8, 4) is 0 Å². The summed E-state index contributed by atoms with van der Waals surface area (Å²) in [5, 5.41) is 8.79. The van der Waals surface area contributed by atoms with E-state index in [2.05, 4.69) is 27.4 Å². The number of para-hydroxylation sites is 1. The maximum atomic E-state index is 13.3. The van der Waals surface area contributed by atoms with Gasteiger partial charge < -0.3 is 9.88 Å². The number of carbonyl (C=O) groups excluding carboxylic acids is 1. The second-order valence-electron chi connectivity index (χ2n) is 7.12. The molecule has 28 heavy (non-hydrogen) atoms. The molecule has 0 fully saturated rings. The van der Waals surface area contributed by atoms with Crippen LogP contribution in [0.4, 0.5) is 0 Å². The van der Waals surface area contributed by atoms with Crippen LogP contribution in [0, 0.1) is 13.8 Å². The molecule has 1 amide bonds. The van der Waals surface area contributed by atoms with Crippen LogP contribution in [0.15, 0.2) is 47.1 Å². The number of carbonyl (C=O) groups is 1. The quantitative estimate of drug-likeness (QED) is 0.582. The van der Waals surface area contributed by atoms with Gasteiger partial charge in [0.25, 0.3) is 5.91 Å². The molecule has 7 nitrogen and oxygen atoms in total. The van der Waals surface area contributed by atoms with Crippen LogP contribution in [0.25, 0.3) is 10.9 Å². The van der Waals surface area contributed by atoms with Gasteiger partial charge in [-0.15, -0.1) is 0 Å². The third-order valence-corrected chi connectivity index (χ3v) is 5.34. The number of benzene rings is 1. The number of amides is 1. The van der Waals surface area contributed by atoms with Gasteiger partial charge in [0, 0.05) is 28.8 Å². The largest absolute Gasteiger partial charge is 0.356 e. The first kappa shape index (κ1) is 16.7. The van der Waals surface area contributed by atoms with Gasteiger partial charge >= 0.3 is 0 Å². The molecule has 0 saturated carbocycles. The minimum absolute atomic E-state index is 0.198. The third kappa shape index (κ3) is 2.51. The van der Waals surface area contributed by atoms with Crippen molar-refractivity contribution >= 4 is 16.8 Å². The maximum Gasteiger partial charge on any atom is 0.278 e. The smallest absolute Gasteiger partial charge is 0.278 e. The highest BCUT2D eigenvalue weighted by molar-refractivity contribution is 5.94. The Kier molecular flexibility index (Phi) is 3.75. The van der Waals surface area contributed by atoms with E-state index in [1.807, 2.05) is 42.2 Å². The Morgan fingerprint density at radius 1 is 1.14 bits per heavy atom. The minimum atomic E-state index is -0.320. The average molecular weight is 373 g/mol. The van der Waals surface area contributed by atoms with Crippen molar-refractivity contribution in [3.05, 3.63) is 76.5 Å². The molecule has 1 aliphatic heterocycles. The summed E-state index contributed by atoms with van der Waals surface area (Å²) in [5.74, 6) is -0.198. The van der Waals surface area contributed by atoms with Gasteiger partial charge in [0.2, 0.25) is 0 Å². The van der Waals surface area contributed by atoms with E-state index in [9.17, 15) is 4.79 Å². The van der Waals surface area contributed by atoms with Crippen molar-refractivity contribution in [2.24, 2.45) is 0 Å². The van der Waals surface area contributed by atoms with E-state index < -0.39 is 0 Å². The SMILES string of the molecule is Cc1cccc([C@@H]2c3[nH]c4ccccc4c3CCN2C(=O)c2nonc2C)n1. The monoisotopic (exact) mass is 373 g/mol. The predicted octanol–water partition coefficient (Wildman–Crippen LogP) is 3.35. The lowest BCUT2D eigenvalue weighted by Gasteiger charge is -2.35. The van der Waals surface area contributed by atoms with Gasteiger partial charge in [0.05, 0.1) is 5.69 Å². The molecule has 7 heteroatoms. The molecule has 3 aromatic heterocycles. The fraction of sp³-hybridized carbons (Fsp3) is 0.238. The zero-order valence-electron chi connectivity index (χ0n) is 15.6. The Balaban J connectivity index is 1.69. The van der Waals surface area contributed by atoms with Gasteiger partial charge in [-0.3, -0.25) is 9.78 Å². The van der Waals surface area contributed by atoms with Crippen molar-refractivity contribution in [2.45, 2.75) is 26.3 Å². The lowest BCUT2D eigenvalue weighted by molar-refractivity contribution is 0.0676. The number of nitrogens with one attached hydrogen (secondary N) is 1. The van der Waals surface area contributed by atoms with Crippen molar-refractivity contribution in [1.82, 2.24) is 25.2 Å². The van der Waals surface area contributed by atoms with Crippen molar-refractivity contribution in [2.75, 3.05) is 6.54 Å². The number of aromatic nitrogens is 4. The van der Waals surface area contributed by atoms with Gasteiger partial charge in [-0.2, -0.15) is 0 Å². The van der Waals surface area contributed by atoms with Crippen LogP contribution in [-0.4, -0.2) is 37.6 Å². The summed E-state index contributed by atoms with van der Waals surface area (Å²) in [4.78, 5) is 23.4. The molecule has 1 aromatic carbocycles. The molecule has 140 valence electrons. The molecule has 0 aliphatic carbocycles. The molecule has 1 aliphatic rings. The highest BCUT2D eigenvalue weighted by Gasteiger charge is 2.37. The topological polar surface area (TPSA) is 87.9 Å². The number of aromatic amines is 1. The molecule has 5 rings (SSSR count). The van der Waals surface area contributed by atoms with Crippen molar-refractivity contribution < 1.29 is 9.42 Å². The van der Waals surface area contributed by atoms with E-state index in [0.29, 0.717) is 12.2 Å². The summed E-state index contributed by atoms with van der Waals surface area (Å²) in [5.41, 5.74) is 5.79. The van der Waals surface area contributed by atoms with Gasteiger partial charge in [-0.05, 0) is 49.2 Å². The third-order valence-electron chi connectivity index (χ3n) is 5.34. The van der Waals surface area contributed by atoms with E-state index in [1.165, 1.54) is 10.9 Å². The molecule has 0 unspecified atom stereocenters. The zero-order valence-corrected chi connectivity index (χ0v) is 15.6. The lowest BCUT2D eigenvalue weighted by Crippen LogP contribution is -2.41. The second kappa shape index (κ2) is 6.30.